The number of carbonyl (C=O) groups excluding carboxylic acids is 3. The molecule has 41 heavy (non-hydrogen) atoms. The van der Waals surface area contributed by atoms with Gasteiger partial charge in [-0.15, -0.1) is 0 Å². The van der Waals surface area contributed by atoms with Gasteiger partial charge in [0.15, 0.2) is 23.6 Å². The smallest absolute Gasteiger partial charge is 0.338 e. The Labute approximate surface area is 239 Å². The predicted octanol–water partition coefficient (Wildman–Crippen LogP) is 4.54. The highest BCUT2D eigenvalue weighted by molar-refractivity contribution is 5.96. The zero-order valence-corrected chi connectivity index (χ0v) is 23.7. The van der Waals surface area contributed by atoms with Crippen LogP contribution in [0.25, 0.3) is 0 Å². The minimum Gasteiger partial charge on any atom is -0.451 e. The maximum Gasteiger partial charge on any atom is 0.338 e. The predicted molar refractivity (Wildman–Crippen MR) is 151 cm³/mol. The second-order valence-electron chi connectivity index (χ2n) is 12.8. The molecule has 2 bridgehead atoms. The molecule has 1 spiro atoms. The van der Waals surface area contributed by atoms with Gasteiger partial charge in [0.25, 0.3) is 0 Å². The van der Waals surface area contributed by atoms with E-state index in [9.17, 15) is 24.6 Å². The molecule has 4 aliphatic rings. The van der Waals surface area contributed by atoms with Crippen molar-refractivity contribution in [2.45, 2.75) is 51.9 Å². The van der Waals surface area contributed by atoms with Gasteiger partial charge in [0.2, 0.25) is 0 Å². The first-order chi connectivity index (χ1) is 19.5. The molecule has 2 aromatic rings. The van der Waals surface area contributed by atoms with Crippen molar-refractivity contribution >= 4 is 17.7 Å². The zero-order valence-electron chi connectivity index (χ0n) is 23.7. The third-order valence-electron chi connectivity index (χ3n) is 10.3. The van der Waals surface area contributed by atoms with Crippen LogP contribution in [0.15, 0.2) is 84.0 Å². The van der Waals surface area contributed by atoms with Gasteiger partial charge in [-0.25, -0.2) is 9.59 Å². The number of hydrogen-bond acceptors (Lipinski definition) is 7. The first kappa shape index (κ1) is 27.6. The summed E-state index contributed by atoms with van der Waals surface area (Å²) in [6.07, 6.45) is 1.40. The number of rotatable bonds is 5. The lowest BCUT2D eigenvalue weighted by Crippen LogP contribution is -2.66. The molecule has 0 aromatic heterocycles. The normalized spacial score (nSPS) is 36.5. The van der Waals surface area contributed by atoms with Gasteiger partial charge in [0.1, 0.15) is 0 Å². The van der Waals surface area contributed by atoms with Crippen molar-refractivity contribution in [2.75, 3.05) is 6.61 Å². The molecule has 2 aromatic carbocycles. The summed E-state index contributed by atoms with van der Waals surface area (Å²) in [5, 5.41) is 23.8. The molecule has 6 rings (SSSR count). The molecule has 0 heterocycles. The molecule has 2 saturated carbocycles. The van der Waals surface area contributed by atoms with Crippen LogP contribution in [-0.2, 0) is 14.3 Å². The number of fused-ring (bicyclic) bond motifs is 3. The van der Waals surface area contributed by atoms with Gasteiger partial charge >= 0.3 is 11.9 Å². The van der Waals surface area contributed by atoms with Gasteiger partial charge in [-0.3, -0.25) is 4.79 Å². The Morgan fingerprint density at radius 1 is 0.927 bits per heavy atom. The van der Waals surface area contributed by atoms with Crippen LogP contribution in [-0.4, -0.2) is 52.4 Å². The van der Waals surface area contributed by atoms with Crippen molar-refractivity contribution in [3.05, 3.63) is 95.1 Å². The monoisotopic (exact) mass is 556 g/mol. The van der Waals surface area contributed by atoms with E-state index in [1.54, 1.807) is 79.7 Å². The summed E-state index contributed by atoms with van der Waals surface area (Å²) in [6.45, 7) is 7.43. The SMILES string of the molecule is CC1=CC23C(=O)C(C=C(CO)C(OC(=O)c4ccccc4)C2(O)C1OC(=O)c1ccccc1)C1C(CC3C)C1(C)C. The average molecular weight is 557 g/mol. The summed E-state index contributed by atoms with van der Waals surface area (Å²) in [6, 6.07) is 16.8. The number of carbonyl (C=O) groups is 3. The molecule has 8 unspecified atom stereocenters. The average Bonchev–Trinajstić information content (AvgIpc) is 3.46. The first-order valence-corrected chi connectivity index (χ1v) is 14.3. The molecule has 2 fully saturated rings. The Balaban J connectivity index is 1.53. The van der Waals surface area contributed by atoms with Gasteiger partial charge in [0.05, 0.1) is 23.1 Å². The van der Waals surface area contributed by atoms with Crippen molar-refractivity contribution < 1.29 is 34.1 Å². The van der Waals surface area contributed by atoms with E-state index in [-0.39, 0.29) is 45.7 Å². The van der Waals surface area contributed by atoms with Crippen LogP contribution in [0.3, 0.4) is 0 Å². The van der Waals surface area contributed by atoms with Crippen LogP contribution in [0.1, 0.15) is 54.8 Å². The van der Waals surface area contributed by atoms with E-state index in [2.05, 4.69) is 13.8 Å². The number of ketones is 1. The van der Waals surface area contributed by atoms with Crippen LogP contribution in [0.5, 0.6) is 0 Å². The minimum absolute atomic E-state index is 0.0193. The highest BCUT2D eigenvalue weighted by Crippen LogP contribution is 2.72. The van der Waals surface area contributed by atoms with Gasteiger partial charge in [-0.2, -0.15) is 0 Å². The topological polar surface area (TPSA) is 110 Å². The molecule has 214 valence electrons. The van der Waals surface area contributed by atoms with Crippen molar-refractivity contribution in [3.8, 4) is 0 Å². The fourth-order valence-electron chi connectivity index (χ4n) is 8.24. The number of aliphatic hydroxyl groups excluding tert-OH is 1. The zero-order chi connectivity index (χ0) is 29.3. The van der Waals surface area contributed by atoms with Crippen LogP contribution in [0, 0.1) is 34.5 Å². The van der Waals surface area contributed by atoms with Crippen LogP contribution < -0.4 is 0 Å². The summed E-state index contributed by atoms with van der Waals surface area (Å²) in [7, 11) is 0. The van der Waals surface area contributed by atoms with Crippen molar-refractivity contribution in [1.82, 2.24) is 0 Å². The summed E-state index contributed by atoms with van der Waals surface area (Å²) in [5.41, 5.74) is -2.51. The maximum absolute atomic E-state index is 14.8. The number of allylic oxidation sites excluding steroid dienone is 1. The highest BCUT2D eigenvalue weighted by Gasteiger charge is 2.77. The number of aliphatic hydroxyl groups is 2. The number of esters is 2. The second kappa shape index (κ2) is 9.50. The molecule has 4 aliphatic carbocycles. The summed E-state index contributed by atoms with van der Waals surface area (Å²) < 4.78 is 12.1. The van der Waals surface area contributed by atoms with Crippen LogP contribution in [0.4, 0.5) is 0 Å². The molecule has 0 radical (unpaired) electrons. The molecule has 0 aliphatic heterocycles. The lowest BCUT2D eigenvalue weighted by atomic mass is 9.59. The Hall–Kier alpha value is -3.55. The Kier molecular flexibility index (Phi) is 6.40. The van der Waals surface area contributed by atoms with E-state index in [0.29, 0.717) is 12.0 Å². The Morgan fingerprint density at radius 2 is 1.46 bits per heavy atom. The second-order valence-corrected chi connectivity index (χ2v) is 12.8. The Morgan fingerprint density at radius 3 is 2.00 bits per heavy atom. The maximum atomic E-state index is 14.8. The number of ether oxygens (including phenoxy) is 2. The lowest BCUT2D eigenvalue weighted by molar-refractivity contribution is -0.191. The van der Waals surface area contributed by atoms with Gasteiger partial charge in [0, 0.05) is 5.92 Å². The van der Waals surface area contributed by atoms with Crippen molar-refractivity contribution in [3.63, 3.8) is 0 Å². The minimum atomic E-state index is -2.19. The van der Waals surface area contributed by atoms with E-state index in [1.807, 2.05) is 6.92 Å². The molecule has 7 nitrogen and oxygen atoms in total. The van der Waals surface area contributed by atoms with Crippen LogP contribution >= 0.6 is 0 Å². The number of Topliss-reactive ketones (excluding diaryl/α,β-unsaturated/α-hetero) is 1. The van der Waals surface area contributed by atoms with Crippen molar-refractivity contribution in [2.24, 2.45) is 34.5 Å². The van der Waals surface area contributed by atoms with E-state index in [4.69, 9.17) is 9.47 Å². The van der Waals surface area contributed by atoms with Gasteiger partial charge in [-0.1, -0.05) is 69.3 Å². The number of benzene rings is 2. The largest absolute Gasteiger partial charge is 0.451 e. The molecular weight excluding hydrogens is 520 g/mol. The highest BCUT2D eigenvalue weighted by atomic mass is 16.6. The quantitative estimate of drug-likeness (QED) is 0.411. The fourth-order valence-corrected chi connectivity index (χ4v) is 8.24. The summed E-state index contributed by atoms with van der Waals surface area (Å²) in [5.74, 6) is -2.27. The third kappa shape index (κ3) is 3.82. The first-order valence-electron chi connectivity index (χ1n) is 14.3. The van der Waals surface area contributed by atoms with Gasteiger partial charge in [-0.05, 0) is 71.9 Å². The van der Waals surface area contributed by atoms with E-state index in [0.717, 1.165) is 0 Å². The summed E-state index contributed by atoms with van der Waals surface area (Å²) in [4.78, 5) is 41.7. The third-order valence-corrected chi connectivity index (χ3v) is 10.3. The molecule has 2 N–H and O–H groups in total. The van der Waals surface area contributed by atoms with Crippen LogP contribution in [0.2, 0.25) is 0 Å². The molecule has 0 saturated heterocycles. The summed E-state index contributed by atoms with van der Waals surface area (Å²) >= 11 is 0. The van der Waals surface area contributed by atoms with Gasteiger partial charge < -0.3 is 19.7 Å². The fraction of sp³-hybridized carbons (Fsp3) is 0.441. The molecule has 7 heteroatoms. The van der Waals surface area contributed by atoms with E-state index >= 15 is 0 Å². The van der Waals surface area contributed by atoms with Crippen molar-refractivity contribution in [1.29, 1.82) is 0 Å². The Bertz CT molecular complexity index is 1460. The molecule has 8 atom stereocenters. The molecule has 0 amide bonds. The molecular formula is C34H36O7. The number of hydrogen-bond donors (Lipinski definition) is 2. The standard InChI is InChI=1S/C34H36O7/c1-19-17-33-20(2)15-25-26(32(25,3)4)24(27(33)36)16-23(18-35)29(41-31(38)22-13-9-6-10-14-22)34(33,39)28(19)40-30(37)21-11-7-5-8-12-21/h5-14,16-17,20,24-26,28-29,35,39H,15,18H2,1-4H3. The lowest BCUT2D eigenvalue weighted by Gasteiger charge is -2.49. The van der Waals surface area contributed by atoms with E-state index < -0.39 is 47.7 Å². The van der Waals surface area contributed by atoms with E-state index in [1.165, 1.54) is 0 Å².